The van der Waals surface area contributed by atoms with Crippen molar-refractivity contribution in [3.63, 3.8) is 0 Å². The van der Waals surface area contributed by atoms with Crippen LogP contribution in [0.1, 0.15) is 46.1 Å². The largest absolute Gasteiger partial charge is 0.417 e. The van der Waals surface area contributed by atoms with Crippen LogP contribution in [0.5, 0.6) is 0 Å². The summed E-state index contributed by atoms with van der Waals surface area (Å²) in [5.41, 5.74) is 5.50. The Kier molecular flexibility index (Phi) is 13.8. The maximum Gasteiger partial charge on any atom is 0.417 e. The maximum absolute atomic E-state index is 15.8. The number of rotatable bonds is 8. The molecule has 0 spiro atoms. The van der Waals surface area contributed by atoms with E-state index in [2.05, 4.69) is 52.8 Å². The standard InChI is InChI=1S/C29H35F4N5.C2H5N.C2H6/c1-5-9-38(10-6-2)28-16-21(7-8-34-28)22-17-23(24-19-35-20(3)15-25(24)29(31,32)33)27(18-26(22)30)37-13-11-36(4)12-14-37;1-2-3;1-2/h7-8,15-19,35H,3,5-6,9-14H2,1-2,4H3;2H,1,3H2;1-2H3. The second-order valence-electron chi connectivity index (χ2n) is 10.0. The summed E-state index contributed by atoms with van der Waals surface area (Å²) in [5.74, 6) is 0.240. The van der Waals surface area contributed by atoms with Gasteiger partial charge in [-0.15, -0.1) is 0 Å². The molecule has 10 heteroatoms. The molecular weight excluding hydrogens is 556 g/mol. The Morgan fingerprint density at radius 3 is 2.21 bits per heavy atom. The number of pyridine rings is 1. The van der Waals surface area contributed by atoms with E-state index in [4.69, 9.17) is 0 Å². The van der Waals surface area contributed by atoms with Crippen molar-refractivity contribution in [2.75, 3.05) is 56.1 Å². The molecule has 43 heavy (non-hydrogen) atoms. The quantitative estimate of drug-likeness (QED) is 0.309. The van der Waals surface area contributed by atoms with Crippen LogP contribution >= 0.6 is 0 Å². The van der Waals surface area contributed by atoms with Crippen LogP contribution in [0.3, 0.4) is 0 Å². The Bertz CT molecular complexity index is 1270. The van der Waals surface area contributed by atoms with E-state index in [0.717, 1.165) is 50.9 Å². The van der Waals surface area contributed by atoms with Gasteiger partial charge in [-0.05, 0) is 62.0 Å². The Balaban J connectivity index is 0.00000121. The third kappa shape index (κ3) is 9.35. The molecule has 1 fully saturated rings. The van der Waals surface area contributed by atoms with E-state index in [1.165, 1.54) is 18.5 Å². The van der Waals surface area contributed by atoms with Gasteiger partial charge in [-0.2, -0.15) is 13.2 Å². The lowest BCUT2D eigenvalue weighted by Crippen LogP contribution is -2.45. The summed E-state index contributed by atoms with van der Waals surface area (Å²) < 4.78 is 58.3. The molecule has 0 radical (unpaired) electrons. The van der Waals surface area contributed by atoms with Crippen LogP contribution in [0, 0.1) is 5.82 Å². The lowest BCUT2D eigenvalue weighted by atomic mass is 9.90. The van der Waals surface area contributed by atoms with Gasteiger partial charge in [0.15, 0.2) is 0 Å². The van der Waals surface area contributed by atoms with Gasteiger partial charge in [-0.1, -0.05) is 40.9 Å². The molecular formula is C33H46F4N6. The summed E-state index contributed by atoms with van der Waals surface area (Å²) in [6.07, 6.45) is 2.47. The lowest BCUT2D eigenvalue weighted by molar-refractivity contribution is -0.0872. The normalized spacial score (nSPS) is 15.2. The topological polar surface area (TPSA) is 60.7 Å². The van der Waals surface area contributed by atoms with E-state index in [1.807, 2.05) is 31.9 Å². The zero-order valence-corrected chi connectivity index (χ0v) is 26.1. The number of allylic oxidation sites excluding steroid dienone is 3. The van der Waals surface area contributed by atoms with E-state index >= 15 is 4.39 Å². The Morgan fingerprint density at radius 2 is 1.65 bits per heavy atom. The van der Waals surface area contributed by atoms with E-state index in [0.29, 0.717) is 29.9 Å². The molecule has 0 unspecified atom stereocenters. The summed E-state index contributed by atoms with van der Waals surface area (Å²) >= 11 is 0. The number of hydrogen-bond acceptors (Lipinski definition) is 6. The zero-order chi connectivity index (χ0) is 32.2. The molecule has 2 aromatic rings. The van der Waals surface area contributed by atoms with Gasteiger partial charge in [-0.3, -0.25) is 0 Å². The van der Waals surface area contributed by atoms with Crippen molar-refractivity contribution in [2.45, 2.75) is 46.7 Å². The predicted octanol–water partition coefficient (Wildman–Crippen LogP) is 7.33. The van der Waals surface area contributed by atoms with Crippen molar-refractivity contribution in [3.05, 3.63) is 84.7 Å². The highest BCUT2D eigenvalue weighted by Gasteiger charge is 2.39. The second-order valence-corrected chi connectivity index (χ2v) is 10.0. The zero-order valence-electron chi connectivity index (χ0n) is 26.1. The van der Waals surface area contributed by atoms with E-state index in [1.54, 1.807) is 18.3 Å². The van der Waals surface area contributed by atoms with Crippen molar-refractivity contribution in [1.82, 2.24) is 15.2 Å². The molecule has 2 aliphatic heterocycles. The molecule has 3 N–H and O–H groups in total. The number of dihydropyridines is 1. The fraction of sp³-hybridized carbons (Fsp3) is 0.424. The van der Waals surface area contributed by atoms with Crippen LogP contribution in [0.2, 0.25) is 0 Å². The molecule has 236 valence electrons. The number of alkyl halides is 3. The van der Waals surface area contributed by atoms with Crippen LogP contribution < -0.4 is 20.9 Å². The highest BCUT2D eigenvalue weighted by atomic mass is 19.4. The van der Waals surface area contributed by atoms with Crippen LogP contribution in [-0.2, 0) is 0 Å². The smallest absolute Gasteiger partial charge is 0.405 e. The first-order valence-corrected chi connectivity index (χ1v) is 14.8. The summed E-state index contributed by atoms with van der Waals surface area (Å²) in [5, 5.41) is 2.83. The molecule has 1 aromatic heterocycles. The Hall–Kier alpha value is -3.79. The van der Waals surface area contributed by atoms with Crippen molar-refractivity contribution >= 4 is 17.1 Å². The molecule has 0 aliphatic carbocycles. The molecule has 4 rings (SSSR count). The summed E-state index contributed by atoms with van der Waals surface area (Å²) in [7, 11) is 1.99. The van der Waals surface area contributed by atoms with Crippen molar-refractivity contribution in [2.24, 2.45) is 5.73 Å². The number of anilines is 2. The van der Waals surface area contributed by atoms with Crippen LogP contribution in [0.25, 0.3) is 16.7 Å². The average Bonchev–Trinajstić information content (AvgIpc) is 2.98. The van der Waals surface area contributed by atoms with Gasteiger partial charge in [0.2, 0.25) is 0 Å². The van der Waals surface area contributed by atoms with E-state index in [9.17, 15) is 13.2 Å². The first-order chi connectivity index (χ1) is 20.5. The van der Waals surface area contributed by atoms with Crippen molar-refractivity contribution in [3.8, 4) is 11.1 Å². The monoisotopic (exact) mass is 602 g/mol. The number of nitrogens with two attached hydrogens (primary N) is 1. The average molecular weight is 603 g/mol. The third-order valence-electron chi connectivity index (χ3n) is 6.90. The number of nitrogens with zero attached hydrogens (tertiary/aromatic N) is 4. The molecule has 0 bridgehead atoms. The van der Waals surface area contributed by atoms with Crippen LogP contribution in [0.4, 0.5) is 29.1 Å². The molecule has 0 atom stereocenters. The Labute approximate surface area is 254 Å². The molecule has 1 saturated heterocycles. The van der Waals surface area contributed by atoms with E-state index < -0.39 is 17.6 Å². The predicted molar refractivity (Wildman–Crippen MR) is 172 cm³/mol. The van der Waals surface area contributed by atoms with Crippen LogP contribution in [-0.4, -0.2) is 62.4 Å². The number of benzene rings is 1. The number of piperazine rings is 1. The molecule has 0 saturated carbocycles. The molecule has 3 heterocycles. The summed E-state index contributed by atoms with van der Waals surface area (Å²) in [6, 6.07) is 6.45. The van der Waals surface area contributed by atoms with Gasteiger partial charge in [0, 0.05) is 79.7 Å². The molecule has 6 nitrogen and oxygen atoms in total. The number of nitrogens with one attached hydrogen (secondary N) is 1. The second kappa shape index (κ2) is 16.7. The number of aromatic nitrogens is 1. The fourth-order valence-corrected chi connectivity index (χ4v) is 4.94. The number of likely N-dealkylation sites (N-methyl/N-ethyl adjacent to an activating group) is 1. The number of halogens is 4. The highest BCUT2D eigenvalue weighted by Crippen LogP contribution is 2.43. The minimum Gasteiger partial charge on any atom is -0.405 e. The maximum atomic E-state index is 15.8. The summed E-state index contributed by atoms with van der Waals surface area (Å²) in [6.45, 7) is 19.2. The molecule has 2 aliphatic rings. The van der Waals surface area contributed by atoms with Crippen molar-refractivity contribution < 1.29 is 17.6 Å². The van der Waals surface area contributed by atoms with Crippen LogP contribution in [0.15, 0.2) is 73.4 Å². The minimum atomic E-state index is -4.60. The lowest BCUT2D eigenvalue weighted by Gasteiger charge is -2.36. The fourth-order valence-electron chi connectivity index (χ4n) is 4.94. The molecule has 1 aromatic carbocycles. The Morgan fingerprint density at radius 1 is 1.05 bits per heavy atom. The van der Waals surface area contributed by atoms with Gasteiger partial charge < -0.3 is 25.8 Å². The molecule has 0 amide bonds. The SMILES string of the molecule is C=C1C=C(C(F)(F)F)C(c2cc(-c3ccnc(N(CCC)CCC)c3)c(F)cc2N2CCN(C)CC2)=CN1.C=CN.CC. The number of hydrogen-bond donors (Lipinski definition) is 2. The van der Waals surface area contributed by atoms with Gasteiger partial charge in [0.25, 0.3) is 0 Å². The first kappa shape index (κ1) is 35.4. The first-order valence-electron chi connectivity index (χ1n) is 14.8. The van der Waals surface area contributed by atoms with Gasteiger partial charge in [0.1, 0.15) is 11.6 Å². The van der Waals surface area contributed by atoms with Gasteiger partial charge in [-0.25, -0.2) is 9.37 Å². The van der Waals surface area contributed by atoms with Gasteiger partial charge in [0.05, 0.1) is 5.57 Å². The minimum absolute atomic E-state index is 0.0343. The third-order valence-corrected chi connectivity index (χ3v) is 6.90. The summed E-state index contributed by atoms with van der Waals surface area (Å²) in [4.78, 5) is 10.7. The highest BCUT2D eigenvalue weighted by molar-refractivity contribution is 5.90. The van der Waals surface area contributed by atoms with E-state index in [-0.39, 0.29) is 16.8 Å². The van der Waals surface area contributed by atoms with Crippen molar-refractivity contribution in [1.29, 1.82) is 0 Å². The van der Waals surface area contributed by atoms with Gasteiger partial charge >= 0.3 is 6.18 Å².